The molecule has 0 aliphatic heterocycles. The summed E-state index contributed by atoms with van der Waals surface area (Å²) in [6.45, 7) is 0.480. The number of halogens is 2. The number of thioether (sulfide) groups is 1. The second kappa shape index (κ2) is 6.63. The lowest BCUT2D eigenvalue weighted by atomic mass is 10.2. The van der Waals surface area contributed by atoms with Crippen LogP contribution in [0.15, 0.2) is 35.5 Å². The molecule has 0 atom stereocenters. The van der Waals surface area contributed by atoms with Gasteiger partial charge in [0.05, 0.1) is 6.61 Å². The Bertz CT molecular complexity index is 519. The average Bonchev–Trinajstić information content (AvgIpc) is 2.77. The first-order chi connectivity index (χ1) is 9.18. The molecular weight excluding hydrogens is 272 g/mol. The lowest BCUT2D eigenvalue weighted by Crippen LogP contribution is -2.00. The maximum Gasteiger partial charge on any atom is 0.297 e. The monoisotopic (exact) mass is 285 g/mol. The molecule has 0 N–H and O–H groups in total. The molecule has 2 rings (SSSR count). The van der Waals surface area contributed by atoms with Crippen LogP contribution in [0.25, 0.3) is 0 Å². The zero-order valence-electron chi connectivity index (χ0n) is 10.3. The maximum absolute atomic E-state index is 12.5. The molecule has 0 aliphatic rings. The molecule has 1 heterocycles. The molecule has 102 valence electrons. The van der Waals surface area contributed by atoms with Crippen molar-refractivity contribution in [3.05, 3.63) is 41.7 Å². The van der Waals surface area contributed by atoms with E-state index in [4.69, 9.17) is 4.74 Å². The predicted molar refractivity (Wildman–Crippen MR) is 67.9 cm³/mol. The summed E-state index contributed by atoms with van der Waals surface area (Å²) in [5, 5.41) is 7.56. The van der Waals surface area contributed by atoms with Crippen molar-refractivity contribution in [1.82, 2.24) is 14.8 Å². The number of hydrogen-bond acceptors (Lipinski definition) is 4. The minimum atomic E-state index is -2.61. The summed E-state index contributed by atoms with van der Waals surface area (Å²) in [5.74, 6) is 0.00922. The topological polar surface area (TPSA) is 39.9 Å². The van der Waals surface area contributed by atoms with Crippen molar-refractivity contribution in [2.24, 2.45) is 7.05 Å². The summed E-state index contributed by atoms with van der Waals surface area (Å²) in [6.07, 6.45) is -2.61. The molecular formula is C12H13F2N3OS. The fourth-order valence-electron chi connectivity index (χ4n) is 1.47. The van der Waals surface area contributed by atoms with E-state index in [1.165, 1.54) is 23.4 Å². The standard InChI is InChI=1S/C12H13F2N3OS/c1-17-11(10(13)14)15-16-12(17)19-8-18-7-9-5-3-2-4-6-9/h2-6,10H,7-8H2,1H3. The molecule has 0 unspecified atom stereocenters. The first-order valence-corrected chi connectivity index (χ1v) is 6.59. The molecule has 0 bridgehead atoms. The highest BCUT2D eigenvalue weighted by Crippen LogP contribution is 2.22. The van der Waals surface area contributed by atoms with Gasteiger partial charge in [0.1, 0.15) is 5.94 Å². The number of alkyl halides is 2. The van der Waals surface area contributed by atoms with Gasteiger partial charge in [-0.1, -0.05) is 42.1 Å². The van der Waals surface area contributed by atoms with Gasteiger partial charge in [-0.3, -0.25) is 0 Å². The summed E-state index contributed by atoms with van der Waals surface area (Å²) in [4.78, 5) is 0. The van der Waals surface area contributed by atoms with E-state index in [0.29, 0.717) is 17.7 Å². The van der Waals surface area contributed by atoms with Gasteiger partial charge >= 0.3 is 0 Å². The quantitative estimate of drug-likeness (QED) is 0.465. The zero-order valence-corrected chi connectivity index (χ0v) is 11.1. The molecule has 2 aromatic rings. The van der Waals surface area contributed by atoms with E-state index >= 15 is 0 Å². The fraction of sp³-hybridized carbons (Fsp3) is 0.333. The van der Waals surface area contributed by atoms with Crippen molar-refractivity contribution >= 4 is 11.8 Å². The molecule has 0 saturated heterocycles. The van der Waals surface area contributed by atoms with Crippen LogP contribution in [0, 0.1) is 0 Å². The molecule has 0 spiro atoms. The van der Waals surface area contributed by atoms with Gasteiger partial charge < -0.3 is 9.30 Å². The Balaban J connectivity index is 1.80. The highest BCUT2D eigenvalue weighted by atomic mass is 32.2. The van der Waals surface area contributed by atoms with Crippen molar-refractivity contribution in [3.63, 3.8) is 0 Å². The van der Waals surface area contributed by atoms with Crippen LogP contribution < -0.4 is 0 Å². The smallest absolute Gasteiger partial charge is 0.297 e. The van der Waals surface area contributed by atoms with E-state index in [2.05, 4.69) is 10.2 Å². The third-order valence-corrected chi connectivity index (χ3v) is 3.34. The summed E-state index contributed by atoms with van der Waals surface area (Å²) < 4.78 is 31.7. The van der Waals surface area contributed by atoms with Gasteiger partial charge in [-0.15, -0.1) is 10.2 Å². The van der Waals surface area contributed by atoms with E-state index in [0.717, 1.165) is 5.56 Å². The van der Waals surface area contributed by atoms with E-state index in [9.17, 15) is 8.78 Å². The van der Waals surface area contributed by atoms with E-state index < -0.39 is 6.43 Å². The Morgan fingerprint density at radius 2 is 2.00 bits per heavy atom. The Morgan fingerprint density at radius 3 is 2.63 bits per heavy atom. The third-order valence-electron chi connectivity index (χ3n) is 2.45. The van der Waals surface area contributed by atoms with Crippen molar-refractivity contribution in [2.75, 3.05) is 5.94 Å². The van der Waals surface area contributed by atoms with Crippen LogP contribution in [0.3, 0.4) is 0 Å². The van der Waals surface area contributed by atoms with Crippen molar-refractivity contribution < 1.29 is 13.5 Å². The van der Waals surface area contributed by atoms with Gasteiger partial charge in [-0.25, -0.2) is 8.78 Å². The highest BCUT2D eigenvalue weighted by molar-refractivity contribution is 7.99. The number of aromatic nitrogens is 3. The minimum Gasteiger partial charge on any atom is -0.366 e. The summed E-state index contributed by atoms with van der Waals surface area (Å²) in [7, 11) is 1.51. The SMILES string of the molecule is Cn1c(SCOCc2ccccc2)nnc1C(F)F. The number of rotatable bonds is 6. The van der Waals surface area contributed by atoms with Crippen molar-refractivity contribution in [3.8, 4) is 0 Å². The normalized spacial score (nSPS) is 11.2. The number of ether oxygens (including phenoxy) is 1. The average molecular weight is 285 g/mol. The summed E-state index contributed by atoms with van der Waals surface area (Å²) in [6, 6.07) is 9.72. The van der Waals surface area contributed by atoms with Gasteiger partial charge in [0.15, 0.2) is 5.16 Å². The van der Waals surface area contributed by atoms with E-state index in [1.54, 1.807) is 0 Å². The lowest BCUT2D eigenvalue weighted by molar-refractivity contribution is 0.135. The zero-order chi connectivity index (χ0) is 13.7. The Labute approximate surface area is 113 Å². The fourth-order valence-corrected chi connectivity index (χ4v) is 2.13. The van der Waals surface area contributed by atoms with Crippen LogP contribution in [-0.4, -0.2) is 20.7 Å². The molecule has 0 radical (unpaired) electrons. The number of nitrogens with zero attached hydrogens (tertiary/aromatic N) is 3. The van der Waals surface area contributed by atoms with Crippen LogP contribution in [0.2, 0.25) is 0 Å². The van der Waals surface area contributed by atoms with Crippen LogP contribution in [0.5, 0.6) is 0 Å². The lowest BCUT2D eigenvalue weighted by Gasteiger charge is -2.04. The molecule has 1 aromatic carbocycles. The van der Waals surface area contributed by atoms with Gasteiger partial charge in [0.25, 0.3) is 6.43 Å². The molecule has 0 fully saturated rings. The number of hydrogen-bond donors (Lipinski definition) is 0. The van der Waals surface area contributed by atoms with Gasteiger partial charge in [-0.05, 0) is 5.56 Å². The largest absolute Gasteiger partial charge is 0.366 e. The second-order valence-electron chi connectivity index (χ2n) is 3.80. The van der Waals surface area contributed by atoms with Crippen molar-refractivity contribution in [1.29, 1.82) is 0 Å². The van der Waals surface area contributed by atoms with Gasteiger partial charge in [0, 0.05) is 7.05 Å². The maximum atomic E-state index is 12.5. The summed E-state index contributed by atoms with van der Waals surface area (Å²) >= 11 is 1.24. The first kappa shape index (κ1) is 14.0. The minimum absolute atomic E-state index is 0.328. The van der Waals surface area contributed by atoms with E-state index in [1.807, 2.05) is 30.3 Å². The molecule has 19 heavy (non-hydrogen) atoms. The van der Waals surface area contributed by atoms with Crippen LogP contribution >= 0.6 is 11.8 Å². The molecule has 4 nitrogen and oxygen atoms in total. The van der Waals surface area contributed by atoms with Crippen molar-refractivity contribution in [2.45, 2.75) is 18.2 Å². The van der Waals surface area contributed by atoms with Gasteiger partial charge in [-0.2, -0.15) is 0 Å². The molecule has 7 heteroatoms. The Morgan fingerprint density at radius 1 is 1.26 bits per heavy atom. The number of benzene rings is 1. The third kappa shape index (κ3) is 3.74. The van der Waals surface area contributed by atoms with E-state index in [-0.39, 0.29) is 5.82 Å². The summed E-state index contributed by atoms with van der Waals surface area (Å²) in [5.41, 5.74) is 1.06. The van der Waals surface area contributed by atoms with Gasteiger partial charge in [0.2, 0.25) is 5.82 Å². The molecule has 0 saturated carbocycles. The predicted octanol–water partition coefficient (Wildman–Crippen LogP) is 3.02. The molecule has 1 aromatic heterocycles. The van der Waals surface area contributed by atoms with Crippen LogP contribution in [0.4, 0.5) is 8.78 Å². The molecule has 0 amide bonds. The Hall–Kier alpha value is -1.47. The van der Waals surface area contributed by atoms with Crippen LogP contribution in [0.1, 0.15) is 17.8 Å². The highest BCUT2D eigenvalue weighted by Gasteiger charge is 2.17. The first-order valence-electron chi connectivity index (χ1n) is 5.60. The molecule has 0 aliphatic carbocycles. The Kier molecular flexibility index (Phi) is 4.86. The van der Waals surface area contributed by atoms with Crippen LogP contribution in [-0.2, 0) is 18.4 Å². The second-order valence-corrected chi connectivity index (χ2v) is 4.69.